The van der Waals surface area contributed by atoms with Gasteiger partial charge in [-0.25, -0.2) is 0 Å². The fraction of sp³-hybridized carbons (Fsp3) is 0.556. The molecule has 0 aromatic heterocycles. The molecule has 1 amide bonds. The van der Waals surface area contributed by atoms with E-state index in [0.29, 0.717) is 38.0 Å². The lowest BCUT2D eigenvalue weighted by atomic mass is 10.1. The Kier molecular flexibility index (Phi) is 8.56. The zero-order chi connectivity index (χ0) is 19.3. The number of carbonyl (C=O) groups is 2. The van der Waals surface area contributed by atoms with Crippen LogP contribution in [0.3, 0.4) is 0 Å². The molecular formula is C18H24ClF3N2O3. The number of aliphatic carboxylic acids is 1. The molecule has 0 spiro atoms. The maximum Gasteiger partial charge on any atom is 0.416 e. The van der Waals surface area contributed by atoms with Gasteiger partial charge in [-0.1, -0.05) is 18.2 Å². The number of halogens is 4. The van der Waals surface area contributed by atoms with Gasteiger partial charge < -0.3 is 10.0 Å². The molecule has 1 saturated heterocycles. The molecule has 2 rings (SSSR count). The highest BCUT2D eigenvalue weighted by molar-refractivity contribution is 5.85. The molecule has 0 bridgehead atoms. The average Bonchev–Trinajstić information content (AvgIpc) is 2.77. The topological polar surface area (TPSA) is 60.9 Å². The predicted molar refractivity (Wildman–Crippen MR) is 96.6 cm³/mol. The minimum atomic E-state index is -4.36. The molecule has 1 aliphatic rings. The standard InChI is InChI=1S/C18H23F3N2O3.ClH/c1-13(24)23(12-17(25)26)16-6-3-8-22(9-7-16)11-14-4-2-5-15(10-14)18(19,20)21;/h2,4-5,10,16H,3,6-9,11-12H2,1H3,(H,25,26);1H. The van der Waals surface area contributed by atoms with E-state index in [4.69, 9.17) is 5.11 Å². The van der Waals surface area contributed by atoms with Gasteiger partial charge in [0.05, 0.1) is 5.56 Å². The summed E-state index contributed by atoms with van der Waals surface area (Å²) in [7, 11) is 0. The molecule has 1 fully saturated rings. The number of alkyl halides is 3. The molecule has 0 aliphatic carbocycles. The molecule has 0 radical (unpaired) electrons. The largest absolute Gasteiger partial charge is 0.480 e. The number of rotatable bonds is 5. The quantitative estimate of drug-likeness (QED) is 0.811. The zero-order valence-electron chi connectivity index (χ0n) is 15.0. The molecule has 1 aliphatic heterocycles. The Morgan fingerprint density at radius 2 is 1.96 bits per heavy atom. The molecule has 0 saturated carbocycles. The van der Waals surface area contributed by atoms with Crippen LogP contribution in [-0.2, 0) is 22.3 Å². The molecule has 152 valence electrons. The Bertz CT molecular complexity index is 655. The third-order valence-corrected chi connectivity index (χ3v) is 4.60. The first kappa shape index (κ1) is 23.2. The van der Waals surface area contributed by atoms with Gasteiger partial charge in [-0.3, -0.25) is 14.5 Å². The summed E-state index contributed by atoms with van der Waals surface area (Å²) in [5.74, 6) is -1.33. The summed E-state index contributed by atoms with van der Waals surface area (Å²) in [6.45, 7) is 2.73. The summed E-state index contributed by atoms with van der Waals surface area (Å²) in [4.78, 5) is 26.1. The number of hydrogen-bond donors (Lipinski definition) is 1. The molecule has 9 heteroatoms. The highest BCUT2D eigenvalue weighted by Gasteiger charge is 2.31. The average molecular weight is 409 g/mol. The van der Waals surface area contributed by atoms with Crippen LogP contribution in [0.25, 0.3) is 0 Å². The van der Waals surface area contributed by atoms with Crippen LogP contribution in [0.2, 0.25) is 0 Å². The van der Waals surface area contributed by atoms with Crippen LogP contribution in [0.5, 0.6) is 0 Å². The van der Waals surface area contributed by atoms with E-state index < -0.39 is 17.7 Å². The van der Waals surface area contributed by atoms with E-state index in [1.165, 1.54) is 17.9 Å². The highest BCUT2D eigenvalue weighted by atomic mass is 35.5. The molecule has 1 aromatic rings. The van der Waals surface area contributed by atoms with Crippen molar-refractivity contribution in [3.05, 3.63) is 35.4 Å². The van der Waals surface area contributed by atoms with E-state index >= 15 is 0 Å². The number of carboxylic acids is 1. The molecular weight excluding hydrogens is 385 g/mol. The second-order valence-corrected chi connectivity index (χ2v) is 6.60. The highest BCUT2D eigenvalue weighted by Crippen LogP contribution is 2.30. The minimum absolute atomic E-state index is 0. The van der Waals surface area contributed by atoms with Crippen molar-refractivity contribution in [2.45, 2.75) is 44.9 Å². The maximum atomic E-state index is 12.8. The molecule has 1 unspecified atom stereocenters. The van der Waals surface area contributed by atoms with E-state index in [9.17, 15) is 22.8 Å². The fourth-order valence-corrected chi connectivity index (χ4v) is 3.36. The van der Waals surface area contributed by atoms with Crippen LogP contribution in [0.4, 0.5) is 13.2 Å². The van der Waals surface area contributed by atoms with Gasteiger partial charge in [0.15, 0.2) is 0 Å². The van der Waals surface area contributed by atoms with E-state index in [0.717, 1.165) is 18.6 Å². The lowest BCUT2D eigenvalue weighted by Crippen LogP contribution is -2.42. The number of likely N-dealkylation sites (tertiary alicyclic amines) is 1. The normalized spacial score (nSPS) is 18.3. The Labute approximate surface area is 162 Å². The molecule has 1 aromatic carbocycles. The van der Waals surface area contributed by atoms with Crippen molar-refractivity contribution in [1.29, 1.82) is 0 Å². The number of carboxylic acid groups (broad SMARTS) is 1. The fourth-order valence-electron chi connectivity index (χ4n) is 3.36. The van der Waals surface area contributed by atoms with Gasteiger partial charge in [-0.2, -0.15) is 13.2 Å². The van der Waals surface area contributed by atoms with E-state index in [-0.39, 0.29) is 30.9 Å². The Morgan fingerprint density at radius 1 is 1.26 bits per heavy atom. The van der Waals surface area contributed by atoms with Crippen LogP contribution >= 0.6 is 12.4 Å². The lowest BCUT2D eigenvalue weighted by Gasteiger charge is -2.29. The monoisotopic (exact) mass is 408 g/mol. The maximum absolute atomic E-state index is 12.8. The summed E-state index contributed by atoms with van der Waals surface area (Å²) in [5, 5.41) is 8.98. The first-order chi connectivity index (χ1) is 12.2. The summed E-state index contributed by atoms with van der Waals surface area (Å²) in [6.07, 6.45) is -2.32. The first-order valence-electron chi connectivity index (χ1n) is 8.54. The first-order valence-corrected chi connectivity index (χ1v) is 8.54. The number of hydrogen-bond acceptors (Lipinski definition) is 3. The van der Waals surface area contributed by atoms with Crippen molar-refractivity contribution < 1.29 is 27.9 Å². The van der Waals surface area contributed by atoms with Crippen molar-refractivity contribution >= 4 is 24.3 Å². The van der Waals surface area contributed by atoms with Gasteiger partial charge in [-0.05, 0) is 37.4 Å². The minimum Gasteiger partial charge on any atom is -0.480 e. The molecule has 27 heavy (non-hydrogen) atoms. The third kappa shape index (κ3) is 7.03. The van der Waals surface area contributed by atoms with Crippen LogP contribution in [0.15, 0.2) is 24.3 Å². The lowest BCUT2D eigenvalue weighted by molar-refractivity contribution is -0.145. The van der Waals surface area contributed by atoms with Gasteiger partial charge in [0.25, 0.3) is 0 Å². The second-order valence-electron chi connectivity index (χ2n) is 6.60. The van der Waals surface area contributed by atoms with Crippen molar-refractivity contribution in [3.8, 4) is 0 Å². The predicted octanol–water partition coefficient (Wildman–Crippen LogP) is 3.41. The van der Waals surface area contributed by atoms with E-state index in [2.05, 4.69) is 4.90 Å². The van der Waals surface area contributed by atoms with Gasteiger partial charge >= 0.3 is 12.1 Å². The van der Waals surface area contributed by atoms with Gasteiger partial charge in [0, 0.05) is 26.1 Å². The van der Waals surface area contributed by atoms with Crippen molar-refractivity contribution in [2.24, 2.45) is 0 Å². The van der Waals surface area contributed by atoms with Crippen LogP contribution < -0.4 is 0 Å². The zero-order valence-corrected chi connectivity index (χ0v) is 15.9. The number of carbonyl (C=O) groups excluding carboxylic acids is 1. The van der Waals surface area contributed by atoms with Crippen molar-refractivity contribution in [3.63, 3.8) is 0 Å². The Balaban J connectivity index is 0.00000364. The summed E-state index contributed by atoms with van der Waals surface area (Å²) in [5.41, 5.74) is -0.0702. The summed E-state index contributed by atoms with van der Waals surface area (Å²) in [6, 6.07) is 5.13. The second kappa shape index (κ2) is 9.94. The van der Waals surface area contributed by atoms with Crippen LogP contribution in [0, 0.1) is 0 Å². The van der Waals surface area contributed by atoms with Gasteiger partial charge in [0.1, 0.15) is 6.54 Å². The molecule has 1 heterocycles. The van der Waals surface area contributed by atoms with Gasteiger partial charge in [-0.15, -0.1) is 12.4 Å². The Morgan fingerprint density at radius 3 is 2.56 bits per heavy atom. The van der Waals surface area contributed by atoms with Crippen LogP contribution in [0.1, 0.15) is 37.3 Å². The van der Waals surface area contributed by atoms with Crippen molar-refractivity contribution in [2.75, 3.05) is 19.6 Å². The Hall–Kier alpha value is -1.80. The molecule has 5 nitrogen and oxygen atoms in total. The molecule has 1 atom stereocenters. The van der Waals surface area contributed by atoms with Crippen molar-refractivity contribution in [1.82, 2.24) is 9.80 Å². The van der Waals surface area contributed by atoms with Crippen LogP contribution in [-0.4, -0.2) is 52.5 Å². The van der Waals surface area contributed by atoms with Gasteiger partial charge in [0.2, 0.25) is 5.91 Å². The summed E-state index contributed by atoms with van der Waals surface area (Å²) >= 11 is 0. The molecule has 1 N–H and O–H groups in total. The van der Waals surface area contributed by atoms with E-state index in [1.807, 2.05) is 0 Å². The van der Waals surface area contributed by atoms with E-state index in [1.54, 1.807) is 6.07 Å². The number of nitrogens with zero attached hydrogens (tertiary/aromatic N) is 2. The summed E-state index contributed by atoms with van der Waals surface area (Å²) < 4.78 is 38.5. The number of benzene rings is 1. The number of amides is 1. The smallest absolute Gasteiger partial charge is 0.416 e. The third-order valence-electron chi connectivity index (χ3n) is 4.60. The SMILES string of the molecule is CC(=O)N(CC(=O)O)C1CCCN(Cc2cccc(C(F)(F)F)c2)CC1.Cl.